The Kier molecular flexibility index (Phi) is 5.30. The molecule has 0 saturated heterocycles. The van der Waals surface area contributed by atoms with Crippen molar-refractivity contribution in [3.8, 4) is 5.75 Å². The first-order valence-electron chi connectivity index (χ1n) is 7.08. The number of halogens is 1. The van der Waals surface area contributed by atoms with Gasteiger partial charge in [-0.05, 0) is 49.4 Å². The molecule has 0 radical (unpaired) electrons. The molecule has 2 aromatic carbocycles. The van der Waals surface area contributed by atoms with E-state index in [2.05, 4.69) is 10.6 Å². The Bertz CT molecular complexity index is 714. The molecule has 0 fully saturated rings. The van der Waals surface area contributed by atoms with Crippen LogP contribution in [0.15, 0.2) is 42.5 Å². The second-order valence-corrected chi connectivity index (χ2v) is 4.74. The fourth-order valence-electron chi connectivity index (χ4n) is 1.98. The number of ether oxygens (including phenoxy) is 1. The minimum atomic E-state index is -0.605. The average molecular weight is 316 g/mol. The highest BCUT2D eigenvalue weighted by Gasteiger charge is 2.11. The number of benzene rings is 2. The summed E-state index contributed by atoms with van der Waals surface area (Å²) in [5, 5.41) is 5.33. The molecule has 120 valence electrons. The van der Waals surface area contributed by atoms with Gasteiger partial charge in [0.1, 0.15) is 0 Å². The van der Waals surface area contributed by atoms with Gasteiger partial charge in [-0.3, -0.25) is 9.59 Å². The predicted octanol–water partition coefficient (Wildman–Crippen LogP) is 2.84. The molecule has 2 rings (SSSR count). The minimum Gasteiger partial charge on any atom is -0.494 e. The smallest absolute Gasteiger partial charge is 0.255 e. The zero-order valence-electron chi connectivity index (χ0n) is 12.9. The van der Waals surface area contributed by atoms with Gasteiger partial charge >= 0.3 is 0 Å². The molecule has 0 aliphatic heterocycles. The van der Waals surface area contributed by atoms with Crippen LogP contribution < -0.4 is 15.4 Å². The third-order valence-corrected chi connectivity index (χ3v) is 3.16. The summed E-state index contributed by atoms with van der Waals surface area (Å²) in [4.78, 5) is 23.7. The van der Waals surface area contributed by atoms with Crippen molar-refractivity contribution in [3.05, 3.63) is 59.4 Å². The molecule has 5 nitrogen and oxygen atoms in total. The maximum atomic E-state index is 13.6. The number of nitrogens with one attached hydrogen (secondary N) is 2. The minimum absolute atomic E-state index is 0.0767. The molecule has 0 atom stereocenters. The van der Waals surface area contributed by atoms with Crippen molar-refractivity contribution in [2.75, 3.05) is 19.0 Å². The maximum absolute atomic E-state index is 13.6. The van der Waals surface area contributed by atoms with Crippen LogP contribution in [0.4, 0.5) is 10.1 Å². The summed E-state index contributed by atoms with van der Waals surface area (Å²) < 4.78 is 18.4. The predicted molar refractivity (Wildman–Crippen MR) is 85.4 cm³/mol. The molecule has 0 spiro atoms. The number of amides is 2. The molecule has 0 bridgehead atoms. The van der Waals surface area contributed by atoms with E-state index in [0.717, 1.165) is 6.07 Å². The molecular formula is C17H17FN2O3. The van der Waals surface area contributed by atoms with Crippen molar-refractivity contribution in [2.45, 2.75) is 6.92 Å². The lowest BCUT2D eigenvalue weighted by atomic mass is 10.1. The van der Waals surface area contributed by atoms with Crippen molar-refractivity contribution >= 4 is 17.5 Å². The molecule has 0 saturated carbocycles. The van der Waals surface area contributed by atoms with Gasteiger partial charge in [0.15, 0.2) is 11.6 Å². The van der Waals surface area contributed by atoms with Crippen molar-refractivity contribution in [3.63, 3.8) is 0 Å². The Balaban J connectivity index is 2.08. The third kappa shape index (κ3) is 4.06. The molecule has 2 N–H and O–H groups in total. The summed E-state index contributed by atoms with van der Waals surface area (Å²) in [6, 6.07) is 10.4. The maximum Gasteiger partial charge on any atom is 0.255 e. The van der Waals surface area contributed by atoms with Crippen molar-refractivity contribution in [1.82, 2.24) is 5.32 Å². The average Bonchev–Trinajstić information content (AvgIpc) is 2.55. The van der Waals surface area contributed by atoms with Crippen molar-refractivity contribution in [1.29, 1.82) is 0 Å². The van der Waals surface area contributed by atoms with Gasteiger partial charge in [-0.2, -0.15) is 0 Å². The normalized spacial score (nSPS) is 10.0. The van der Waals surface area contributed by atoms with Gasteiger partial charge in [-0.15, -0.1) is 0 Å². The molecule has 0 aromatic heterocycles. The first-order chi connectivity index (χ1) is 11.0. The molecule has 0 heterocycles. The Morgan fingerprint density at radius 1 is 1.04 bits per heavy atom. The molecular weight excluding hydrogens is 299 g/mol. The number of hydrogen-bond acceptors (Lipinski definition) is 3. The van der Waals surface area contributed by atoms with E-state index >= 15 is 0 Å². The van der Waals surface area contributed by atoms with Crippen LogP contribution in [-0.2, 0) is 0 Å². The van der Waals surface area contributed by atoms with E-state index in [4.69, 9.17) is 4.74 Å². The number of methoxy groups -OCH3 is 1. The van der Waals surface area contributed by atoms with E-state index in [0.29, 0.717) is 17.8 Å². The summed E-state index contributed by atoms with van der Waals surface area (Å²) in [7, 11) is 1.36. The second-order valence-electron chi connectivity index (χ2n) is 4.74. The largest absolute Gasteiger partial charge is 0.494 e. The summed E-state index contributed by atoms with van der Waals surface area (Å²) in [5.41, 5.74) is 1.19. The Morgan fingerprint density at radius 3 is 2.26 bits per heavy atom. The summed E-state index contributed by atoms with van der Waals surface area (Å²) in [6.07, 6.45) is 0. The van der Waals surface area contributed by atoms with E-state index in [-0.39, 0.29) is 17.2 Å². The fourth-order valence-corrected chi connectivity index (χ4v) is 1.98. The number of hydrogen-bond donors (Lipinski definition) is 2. The van der Waals surface area contributed by atoms with Crippen LogP contribution in [0.3, 0.4) is 0 Å². The van der Waals surface area contributed by atoms with E-state index in [1.807, 2.05) is 6.92 Å². The molecule has 2 aromatic rings. The third-order valence-electron chi connectivity index (χ3n) is 3.16. The van der Waals surface area contributed by atoms with Crippen LogP contribution in [0, 0.1) is 5.82 Å². The van der Waals surface area contributed by atoms with Gasteiger partial charge in [0.25, 0.3) is 11.8 Å². The number of carbonyl (C=O) groups is 2. The monoisotopic (exact) mass is 316 g/mol. The van der Waals surface area contributed by atoms with Crippen LogP contribution in [-0.4, -0.2) is 25.5 Å². The first kappa shape index (κ1) is 16.5. The van der Waals surface area contributed by atoms with Gasteiger partial charge in [0.2, 0.25) is 0 Å². The van der Waals surface area contributed by atoms with Crippen LogP contribution in [0.2, 0.25) is 0 Å². The van der Waals surface area contributed by atoms with Crippen molar-refractivity contribution < 1.29 is 18.7 Å². The quantitative estimate of drug-likeness (QED) is 0.891. The van der Waals surface area contributed by atoms with Crippen LogP contribution in [0.25, 0.3) is 0 Å². The van der Waals surface area contributed by atoms with Gasteiger partial charge in [0.05, 0.1) is 7.11 Å². The highest BCUT2D eigenvalue weighted by Crippen LogP contribution is 2.19. The lowest BCUT2D eigenvalue weighted by molar-refractivity contribution is 0.0955. The number of carbonyl (C=O) groups excluding carboxylic acids is 2. The lowest BCUT2D eigenvalue weighted by Crippen LogP contribution is -2.22. The number of anilines is 1. The van der Waals surface area contributed by atoms with E-state index in [1.165, 1.54) is 19.2 Å². The second kappa shape index (κ2) is 7.40. The molecule has 6 heteroatoms. The Hall–Kier alpha value is -2.89. The lowest BCUT2D eigenvalue weighted by Gasteiger charge is -2.08. The first-order valence-corrected chi connectivity index (χ1v) is 7.08. The molecule has 0 unspecified atom stereocenters. The van der Waals surface area contributed by atoms with Gasteiger partial charge in [-0.25, -0.2) is 4.39 Å². The number of rotatable bonds is 5. The van der Waals surface area contributed by atoms with Crippen LogP contribution in [0.1, 0.15) is 27.6 Å². The topological polar surface area (TPSA) is 67.4 Å². The molecule has 23 heavy (non-hydrogen) atoms. The van der Waals surface area contributed by atoms with Gasteiger partial charge in [-0.1, -0.05) is 0 Å². The van der Waals surface area contributed by atoms with Gasteiger partial charge < -0.3 is 15.4 Å². The highest BCUT2D eigenvalue weighted by molar-refractivity contribution is 6.04. The molecule has 0 aliphatic carbocycles. The van der Waals surface area contributed by atoms with Crippen LogP contribution in [0.5, 0.6) is 5.75 Å². The Labute approximate surface area is 133 Å². The highest BCUT2D eigenvalue weighted by atomic mass is 19.1. The summed E-state index contributed by atoms with van der Waals surface area (Å²) >= 11 is 0. The fraction of sp³-hybridized carbons (Fsp3) is 0.176. The zero-order chi connectivity index (χ0) is 16.8. The van der Waals surface area contributed by atoms with E-state index < -0.39 is 11.7 Å². The SMILES string of the molecule is CCNC(=O)c1ccc(NC(=O)c2ccc(OC)c(F)c2)cc1. The van der Waals surface area contributed by atoms with E-state index in [1.54, 1.807) is 24.3 Å². The van der Waals surface area contributed by atoms with Gasteiger partial charge in [0, 0.05) is 23.4 Å². The molecule has 0 aliphatic rings. The summed E-state index contributed by atoms with van der Waals surface area (Å²) in [5.74, 6) is -1.15. The van der Waals surface area contributed by atoms with Crippen molar-refractivity contribution in [2.24, 2.45) is 0 Å². The Morgan fingerprint density at radius 2 is 1.70 bits per heavy atom. The standard InChI is InChI=1S/C17H17FN2O3/c1-3-19-16(21)11-4-7-13(8-5-11)20-17(22)12-6-9-15(23-2)14(18)10-12/h4-10H,3H2,1-2H3,(H,19,21)(H,20,22). The molecule has 2 amide bonds. The summed E-state index contributed by atoms with van der Waals surface area (Å²) in [6.45, 7) is 2.38. The zero-order valence-corrected chi connectivity index (χ0v) is 12.9. The van der Waals surface area contributed by atoms with Crippen LogP contribution >= 0.6 is 0 Å². The van der Waals surface area contributed by atoms with E-state index in [9.17, 15) is 14.0 Å².